The second-order valence-corrected chi connectivity index (χ2v) is 5.71. The molecule has 0 saturated carbocycles. The highest BCUT2D eigenvalue weighted by Crippen LogP contribution is 2.32. The van der Waals surface area contributed by atoms with Crippen LogP contribution in [-0.4, -0.2) is 17.0 Å². The maximum Gasteiger partial charge on any atom is 0.265 e. The molecule has 0 atom stereocenters. The van der Waals surface area contributed by atoms with Crippen LogP contribution >= 0.6 is 0 Å². The van der Waals surface area contributed by atoms with Gasteiger partial charge in [-0.2, -0.15) is 0 Å². The number of nitrogens with zero attached hydrogens (tertiary/aromatic N) is 1. The van der Waals surface area contributed by atoms with Gasteiger partial charge >= 0.3 is 0 Å². The van der Waals surface area contributed by atoms with Gasteiger partial charge in [-0.25, -0.2) is 10.8 Å². The molecule has 0 aliphatic rings. The molecule has 1 heterocycles. The highest BCUT2D eigenvalue weighted by atomic mass is 16.5. The first-order valence-corrected chi connectivity index (χ1v) is 7.77. The zero-order valence-electron chi connectivity index (χ0n) is 13.6. The van der Waals surface area contributed by atoms with Crippen LogP contribution in [0.1, 0.15) is 24.2 Å². The SMILES string of the molecule is CC(C)Oc1ccccc1-c1cc(C(=O)NN)c2ccccc2n1. The van der Waals surface area contributed by atoms with Crippen molar-refractivity contribution in [3.8, 4) is 17.0 Å². The Morgan fingerprint density at radius 2 is 1.83 bits per heavy atom. The number of amides is 1. The number of fused-ring (bicyclic) bond motifs is 1. The summed E-state index contributed by atoms with van der Waals surface area (Å²) < 4.78 is 5.87. The van der Waals surface area contributed by atoms with Gasteiger partial charge in [0.1, 0.15) is 5.75 Å². The summed E-state index contributed by atoms with van der Waals surface area (Å²) >= 11 is 0. The molecule has 0 fully saturated rings. The van der Waals surface area contributed by atoms with Crippen molar-refractivity contribution in [3.63, 3.8) is 0 Å². The van der Waals surface area contributed by atoms with Crippen LogP contribution in [0.5, 0.6) is 5.75 Å². The quantitative estimate of drug-likeness (QED) is 0.439. The summed E-state index contributed by atoms with van der Waals surface area (Å²) in [4.78, 5) is 16.9. The predicted molar refractivity (Wildman–Crippen MR) is 94.6 cm³/mol. The van der Waals surface area contributed by atoms with Gasteiger partial charge in [0.05, 0.1) is 22.9 Å². The lowest BCUT2D eigenvalue weighted by molar-refractivity contribution is 0.0955. The van der Waals surface area contributed by atoms with Gasteiger partial charge in [-0.1, -0.05) is 30.3 Å². The van der Waals surface area contributed by atoms with E-state index in [0.717, 1.165) is 22.2 Å². The number of nitrogen functional groups attached to an aromatic ring is 1. The van der Waals surface area contributed by atoms with E-state index >= 15 is 0 Å². The van der Waals surface area contributed by atoms with Crippen LogP contribution in [0.2, 0.25) is 0 Å². The maximum atomic E-state index is 12.2. The molecule has 2 aromatic carbocycles. The minimum atomic E-state index is -0.350. The number of nitrogens with one attached hydrogen (secondary N) is 1. The second kappa shape index (κ2) is 6.68. The van der Waals surface area contributed by atoms with Crippen molar-refractivity contribution >= 4 is 16.8 Å². The minimum Gasteiger partial charge on any atom is -0.490 e. The van der Waals surface area contributed by atoms with Crippen LogP contribution in [0.4, 0.5) is 0 Å². The van der Waals surface area contributed by atoms with Crippen molar-refractivity contribution in [2.24, 2.45) is 5.84 Å². The number of nitrogens with two attached hydrogens (primary N) is 1. The van der Waals surface area contributed by atoms with Gasteiger partial charge in [-0.05, 0) is 38.1 Å². The lowest BCUT2D eigenvalue weighted by atomic mass is 10.0. The van der Waals surface area contributed by atoms with E-state index in [1.54, 1.807) is 6.07 Å². The Balaban J connectivity index is 2.23. The van der Waals surface area contributed by atoms with E-state index in [0.29, 0.717) is 11.3 Å². The van der Waals surface area contributed by atoms with E-state index in [2.05, 4.69) is 10.4 Å². The number of ether oxygens (including phenoxy) is 1. The number of hydrogen-bond acceptors (Lipinski definition) is 4. The monoisotopic (exact) mass is 321 g/mol. The Labute approximate surface area is 140 Å². The van der Waals surface area contributed by atoms with Crippen LogP contribution in [-0.2, 0) is 0 Å². The summed E-state index contributed by atoms with van der Waals surface area (Å²) in [5.41, 5.74) is 4.92. The van der Waals surface area contributed by atoms with Gasteiger partial charge in [0.2, 0.25) is 0 Å². The first kappa shape index (κ1) is 16.0. The molecule has 0 aliphatic carbocycles. The highest BCUT2D eigenvalue weighted by Gasteiger charge is 2.15. The molecule has 0 spiro atoms. The number of hydrogen-bond donors (Lipinski definition) is 2. The number of carbonyl (C=O) groups excluding carboxylic acids is 1. The minimum absolute atomic E-state index is 0.0402. The van der Waals surface area contributed by atoms with Crippen molar-refractivity contribution in [1.82, 2.24) is 10.4 Å². The maximum absolute atomic E-state index is 12.2. The van der Waals surface area contributed by atoms with Gasteiger partial charge in [0, 0.05) is 10.9 Å². The average molecular weight is 321 g/mol. The predicted octanol–water partition coefficient (Wildman–Crippen LogP) is 3.29. The van der Waals surface area contributed by atoms with Crippen molar-refractivity contribution in [2.75, 3.05) is 0 Å². The van der Waals surface area contributed by atoms with Crippen LogP contribution in [0.3, 0.4) is 0 Å². The topological polar surface area (TPSA) is 77.2 Å². The number of benzene rings is 2. The van der Waals surface area contributed by atoms with Crippen LogP contribution < -0.4 is 16.0 Å². The molecular weight excluding hydrogens is 302 g/mol. The largest absolute Gasteiger partial charge is 0.490 e. The Hall–Kier alpha value is -2.92. The summed E-state index contributed by atoms with van der Waals surface area (Å²) in [6, 6.07) is 16.9. The molecule has 24 heavy (non-hydrogen) atoms. The van der Waals surface area contributed by atoms with Crippen molar-refractivity contribution in [1.29, 1.82) is 0 Å². The van der Waals surface area contributed by atoms with Gasteiger partial charge in [0.15, 0.2) is 0 Å². The third-order valence-electron chi connectivity index (χ3n) is 3.62. The number of rotatable bonds is 4. The van der Waals surface area contributed by atoms with Gasteiger partial charge < -0.3 is 4.74 Å². The second-order valence-electron chi connectivity index (χ2n) is 5.71. The standard InChI is InChI=1S/C19H19N3O2/c1-12(2)24-18-10-6-4-8-14(18)17-11-15(19(23)22-20)13-7-3-5-9-16(13)21-17/h3-12H,20H2,1-2H3,(H,22,23). The third-order valence-corrected chi connectivity index (χ3v) is 3.62. The Bertz CT molecular complexity index is 891. The van der Waals surface area contributed by atoms with Gasteiger partial charge in [0.25, 0.3) is 5.91 Å². The number of para-hydroxylation sites is 2. The number of carbonyl (C=O) groups is 1. The summed E-state index contributed by atoms with van der Waals surface area (Å²) in [6.07, 6.45) is 0.0402. The first-order chi connectivity index (χ1) is 11.6. The molecule has 3 aromatic rings. The molecule has 122 valence electrons. The Kier molecular flexibility index (Phi) is 4.44. The molecule has 5 nitrogen and oxygen atoms in total. The fraction of sp³-hybridized carbons (Fsp3) is 0.158. The molecule has 3 rings (SSSR count). The molecule has 3 N–H and O–H groups in total. The number of aromatic nitrogens is 1. The van der Waals surface area contributed by atoms with E-state index in [1.807, 2.05) is 62.4 Å². The van der Waals surface area contributed by atoms with Gasteiger partial charge in [-0.15, -0.1) is 0 Å². The molecular formula is C19H19N3O2. The van der Waals surface area contributed by atoms with Crippen molar-refractivity contribution < 1.29 is 9.53 Å². The average Bonchev–Trinajstić information content (AvgIpc) is 2.60. The number of hydrazine groups is 1. The molecule has 0 aliphatic heterocycles. The lowest BCUT2D eigenvalue weighted by Gasteiger charge is -2.15. The molecule has 0 radical (unpaired) electrons. The van der Waals surface area contributed by atoms with Crippen LogP contribution in [0.25, 0.3) is 22.2 Å². The first-order valence-electron chi connectivity index (χ1n) is 7.77. The van der Waals surface area contributed by atoms with Crippen molar-refractivity contribution in [2.45, 2.75) is 20.0 Å². The third kappa shape index (κ3) is 3.07. The van der Waals surface area contributed by atoms with E-state index in [9.17, 15) is 4.79 Å². The number of pyridine rings is 1. The summed E-state index contributed by atoms with van der Waals surface area (Å²) in [6.45, 7) is 3.94. The lowest BCUT2D eigenvalue weighted by Crippen LogP contribution is -2.30. The van der Waals surface area contributed by atoms with E-state index < -0.39 is 0 Å². The Morgan fingerprint density at radius 3 is 2.58 bits per heavy atom. The Morgan fingerprint density at radius 1 is 1.12 bits per heavy atom. The fourth-order valence-corrected chi connectivity index (χ4v) is 2.61. The fourth-order valence-electron chi connectivity index (χ4n) is 2.61. The van der Waals surface area contributed by atoms with Crippen LogP contribution in [0.15, 0.2) is 54.6 Å². The van der Waals surface area contributed by atoms with E-state index in [-0.39, 0.29) is 12.0 Å². The van der Waals surface area contributed by atoms with E-state index in [4.69, 9.17) is 10.6 Å². The zero-order valence-corrected chi connectivity index (χ0v) is 13.6. The summed E-state index contributed by atoms with van der Waals surface area (Å²) in [7, 11) is 0. The molecule has 0 bridgehead atoms. The van der Waals surface area contributed by atoms with Crippen LogP contribution in [0, 0.1) is 0 Å². The molecule has 5 heteroatoms. The van der Waals surface area contributed by atoms with Gasteiger partial charge in [-0.3, -0.25) is 10.2 Å². The normalized spacial score (nSPS) is 10.8. The molecule has 0 saturated heterocycles. The molecule has 1 aromatic heterocycles. The van der Waals surface area contributed by atoms with Crippen molar-refractivity contribution in [3.05, 3.63) is 60.2 Å². The molecule has 0 unspecified atom stereocenters. The smallest absolute Gasteiger partial charge is 0.265 e. The zero-order chi connectivity index (χ0) is 17.1. The summed E-state index contributed by atoms with van der Waals surface area (Å²) in [5, 5.41) is 0.756. The van der Waals surface area contributed by atoms with E-state index in [1.165, 1.54) is 0 Å². The molecule has 1 amide bonds. The highest BCUT2D eigenvalue weighted by molar-refractivity contribution is 6.07. The summed E-state index contributed by atoms with van der Waals surface area (Å²) in [5.74, 6) is 5.72.